The van der Waals surface area contributed by atoms with E-state index in [0.717, 1.165) is 5.56 Å². The summed E-state index contributed by atoms with van der Waals surface area (Å²) < 4.78 is 0. The molecule has 3 N–H and O–H groups in total. The molecule has 2 rings (SSSR count). The van der Waals surface area contributed by atoms with Crippen LogP contribution < -0.4 is 16.0 Å². The molecule has 0 aliphatic heterocycles. The maximum absolute atomic E-state index is 12.3. The first-order valence-corrected chi connectivity index (χ1v) is 9.73. The Morgan fingerprint density at radius 1 is 0.800 bits per heavy atom. The fourth-order valence-electron chi connectivity index (χ4n) is 2.69. The Bertz CT molecular complexity index is 878. The minimum Gasteiger partial charge on any atom is -0.344 e. The number of carbonyl (C=O) groups excluding carboxylic acids is 4. The number of carbonyl (C=O) groups is 4. The molecule has 8 heteroatoms. The van der Waals surface area contributed by atoms with Crippen molar-refractivity contribution in [2.75, 3.05) is 25.0 Å². The zero-order chi connectivity index (χ0) is 21.9. The summed E-state index contributed by atoms with van der Waals surface area (Å²) in [4.78, 5) is 49.6. The molecule has 158 valence electrons. The second-order valence-corrected chi connectivity index (χ2v) is 6.45. The van der Waals surface area contributed by atoms with Gasteiger partial charge in [-0.3, -0.25) is 19.2 Å². The van der Waals surface area contributed by atoms with Gasteiger partial charge in [0, 0.05) is 30.9 Å². The summed E-state index contributed by atoms with van der Waals surface area (Å²) >= 11 is 0. The zero-order valence-electron chi connectivity index (χ0n) is 17.1. The molecule has 0 atom stereocenters. The molecule has 0 saturated heterocycles. The average molecular weight is 410 g/mol. The molecule has 0 spiro atoms. The van der Waals surface area contributed by atoms with Crippen LogP contribution in [0.4, 0.5) is 5.69 Å². The Labute approximate surface area is 175 Å². The van der Waals surface area contributed by atoms with Gasteiger partial charge in [0.1, 0.15) is 0 Å². The summed E-state index contributed by atoms with van der Waals surface area (Å²) in [5.74, 6) is -2.26. The highest BCUT2D eigenvalue weighted by Gasteiger charge is 2.15. The SMILES string of the molecule is CCN(CC)C(=O)c1ccc(NC(=O)CNC(=O)C(=O)NCc2ccccc2)cc1. The van der Waals surface area contributed by atoms with Crippen molar-refractivity contribution in [1.82, 2.24) is 15.5 Å². The van der Waals surface area contributed by atoms with Gasteiger partial charge < -0.3 is 20.9 Å². The number of nitrogens with one attached hydrogen (secondary N) is 3. The number of benzene rings is 2. The van der Waals surface area contributed by atoms with Gasteiger partial charge >= 0.3 is 11.8 Å². The highest BCUT2D eigenvalue weighted by molar-refractivity contribution is 6.35. The number of anilines is 1. The smallest absolute Gasteiger partial charge is 0.309 e. The zero-order valence-corrected chi connectivity index (χ0v) is 17.1. The quantitative estimate of drug-likeness (QED) is 0.574. The van der Waals surface area contributed by atoms with Crippen LogP contribution in [-0.4, -0.2) is 48.2 Å². The second kappa shape index (κ2) is 11.4. The summed E-state index contributed by atoms with van der Waals surface area (Å²) in [6, 6.07) is 15.7. The van der Waals surface area contributed by atoms with Crippen molar-refractivity contribution < 1.29 is 19.2 Å². The Kier molecular flexibility index (Phi) is 8.56. The number of amides is 4. The van der Waals surface area contributed by atoms with Crippen molar-refractivity contribution in [3.63, 3.8) is 0 Å². The predicted octanol–water partition coefficient (Wildman–Crippen LogP) is 1.54. The number of hydrogen-bond donors (Lipinski definition) is 3. The Hall–Kier alpha value is -3.68. The normalized spacial score (nSPS) is 10.1. The molecule has 4 amide bonds. The van der Waals surface area contributed by atoms with Crippen molar-refractivity contribution in [1.29, 1.82) is 0 Å². The predicted molar refractivity (Wildman–Crippen MR) is 114 cm³/mol. The van der Waals surface area contributed by atoms with E-state index in [2.05, 4.69) is 16.0 Å². The van der Waals surface area contributed by atoms with E-state index in [-0.39, 0.29) is 19.0 Å². The van der Waals surface area contributed by atoms with Gasteiger partial charge in [0.25, 0.3) is 5.91 Å². The van der Waals surface area contributed by atoms with Crippen LogP contribution in [-0.2, 0) is 20.9 Å². The van der Waals surface area contributed by atoms with E-state index in [1.807, 2.05) is 44.2 Å². The molecule has 0 fully saturated rings. The van der Waals surface area contributed by atoms with Crippen molar-refractivity contribution in [2.45, 2.75) is 20.4 Å². The minimum absolute atomic E-state index is 0.0772. The van der Waals surface area contributed by atoms with Gasteiger partial charge in [0.05, 0.1) is 6.54 Å². The summed E-state index contributed by atoms with van der Waals surface area (Å²) in [6.45, 7) is 4.92. The van der Waals surface area contributed by atoms with E-state index in [4.69, 9.17) is 0 Å². The number of rotatable bonds is 8. The Morgan fingerprint density at radius 3 is 2.00 bits per heavy atom. The summed E-state index contributed by atoms with van der Waals surface area (Å²) in [6.07, 6.45) is 0. The Balaban J connectivity index is 1.77. The van der Waals surface area contributed by atoms with E-state index in [1.54, 1.807) is 29.2 Å². The van der Waals surface area contributed by atoms with Crippen molar-refractivity contribution in [2.24, 2.45) is 0 Å². The van der Waals surface area contributed by atoms with E-state index in [1.165, 1.54) is 0 Å². The number of hydrogen-bond acceptors (Lipinski definition) is 4. The standard InChI is InChI=1S/C22H26N4O4/c1-3-26(4-2)22(30)17-10-12-18(13-11-17)25-19(27)15-24-21(29)20(28)23-14-16-8-6-5-7-9-16/h5-13H,3-4,14-15H2,1-2H3,(H,23,28)(H,24,29)(H,25,27). The van der Waals surface area contributed by atoms with Crippen LogP contribution in [0, 0.1) is 0 Å². The topological polar surface area (TPSA) is 108 Å². The van der Waals surface area contributed by atoms with E-state index in [9.17, 15) is 19.2 Å². The summed E-state index contributed by atoms with van der Waals surface area (Å²) in [7, 11) is 0. The third kappa shape index (κ3) is 6.73. The van der Waals surface area contributed by atoms with Gasteiger partial charge in [-0.1, -0.05) is 30.3 Å². The third-order valence-corrected chi connectivity index (χ3v) is 4.38. The molecular formula is C22H26N4O4. The lowest BCUT2D eigenvalue weighted by molar-refractivity contribution is -0.139. The highest BCUT2D eigenvalue weighted by atomic mass is 16.2. The van der Waals surface area contributed by atoms with Gasteiger partial charge in [0.15, 0.2) is 0 Å². The molecule has 0 saturated carbocycles. The summed E-state index contributed by atoms with van der Waals surface area (Å²) in [5, 5.41) is 7.37. The van der Waals surface area contributed by atoms with Crippen LogP contribution in [0.25, 0.3) is 0 Å². The van der Waals surface area contributed by atoms with E-state index in [0.29, 0.717) is 24.3 Å². The lowest BCUT2D eigenvalue weighted by atomic mass is 10.1. The first-order chi connectivity index (χ1) is 14.4. The lowest BCUT2D eigenvalue weighted by Crippen LogP contribution is -2.42. The van der Waals surface area contributed by atoms with Crippen LogP contribution in [0.15, 0.2) is 54.6 Å². The van der Waals surface area contributed by atoms with Gasteiger partial charge in [-0.2, -0.15) is 0 Å². The second-order valence-electron chi connectivity index (χ2n) is 6.45. The first-order valence-electron chi connectivity index (χ1n) is 9.73. The van der Waals surface area contributed by atoms with Crippen molar-refractivity contribution in [3.8, 4) is 0 Å². The largest absolute Gasteiger partial charge is 0.344 e. The average Bonchev–Trinajstić information content (AvgIpc) is 2.77. The number of nitrogens with zero attached hydrogens (tertiary/aromatic N) is 1. The molecule has 0 heterocycles. The molecule has 0 bridgehead atoms. The van der Waals surface area contributed by atoms with E-state index >= 15 is 0 Å². The van der Waals surface area contributed by atoms with Crippen LogP contribution in [0.2, 0.25) is 0 Å². The molecule has 0 unspecified atom stereocenters. The molecule has 8 nitrogen and oxygen atoms in total. The van der Waals surface area contributed by atoms with Gasteiger partial charge in [0.2, 0.25) is 5.91 Å². The van der Waals surface area contributed by atoms with Crippen molar-refractivity contribution >= 4 is 29.3 Å². The van der Waals surface area contributed by atoms with Gasteiger partial charge in [-0.05, 0) is 43.7 Å². The molecule has 0 aliphatic rings. The first kappa shape index (κ1) is 22.6. The molecule has 0 aromatic heterocycles. The monoisotopic (exact) mass is 410 g/mol. The van der Waals surface area contributed by atoms with E-state index < -0.39 is 17.7 Å². The molecule has 2 aromatic carbocycles. The Morgan fingerprint density at radius 2 is 1.40 bits per heavy atom. The molecule has 30 heavy (non-hydrogen) atoms. The van der Waals surface area contributed by atoms with Crippen LogP contribution in [0.1, 0.15) is 29.8 Å². The minimum atomic E-state index is -0.888. The summed E-state index contributed by atoms with van der Waals surface area (Å²) in [5.41, 5.74) is 1.87. The molecular weight excluding hydrogens is 384 g/mol. The highest BCUT2D eigenvalue weighted by Crippen LogP contribution is 2.11. The fourth-order valence-corrected chi connectivity index (χ4v) is 2.69. The fraction of sp³-hybridized carbons (Fsp3) is 0.273. The maximum atomic E-state index is 12.3. The van der Waals surface area contributed by atoms with Gasteiger partial charge in [-0.25, -0.2) is 0 Å². The van der Waals surface area contributed by atoms with Crippen LogP contribution in [0.3, 0.4) is 0 Å². The maximum Gasteiger partial charge on any atom is 0.309 e. The van der Waals surface area contributed by atoms with Crippen LogP contribution >= 0.6 is 0 Å². The van der Waals surface area contributed by atoms with Crippen molar-refractivity contribution in [3.05, 3.63) is 65.7 Å². The lowest BCUT2D eigenvalue weighted by Gasteiger charge is -2.18. The molecule has 2 aromatic rings. The third-order valence-electron chi connectivity index (χ3n) is 4.38. The van der Waals surface area contributed by atoms with Crippen LogP contribution in [0.5, 0.6) is 0 Å². The van der Waals surface area contributed by atoms with Gasteiger partial charge in [-0.15, -0.1) is 0 Å². The molecule has 0 radical (unpaired) electrons. The molecule has 0 aliphatic carbocycles.